The Hall–Kier alpha value is -1.61. The summed E-state index contributed by atoms with van der Waals surface area (Å²) in [5, 5.41) is 4.66. The number of benzene rings is 2. The number of oxime groups is 1. The summed E-state index contributed by atoms with van der Waals surface area (Å²) in [6.07, 6.45) is 0. The minimum Gasteiger partial charge on any atom is -0.399 e. The Morgan fingerprint density at radius 3 is 2.17 bits per heavy atom. The zero-order valence-corrected chi connectivity index (χ0v) is 11.7. The first kappa shape index (κ1) is 12.8. The molecule has 92 valence electrons. The number of hydrogen-bond donors (Lipinski definition) is 0. The van der Waals surface area contributed by atoms with Gasteiger partial charge in [0, 0.05) is 10.9 Å². The first-order chi connectivity index (χ1) is 8.85. The van der Waals surface area contributed by atoms with Gasteiger partial charge in [-0.1, -0.05) is 75.7 Å². The molecule has 18 heavy (non-hydrogen) atoms. The van der Waals surface area contributed by atoms with E-state index in [4.69, 9.17) is 4.84 Å². The van der Waals surface area contributed by atoms with E-state index in [0.29, 0.717) is 5.33 Å². The molecule has 0 fully saturated rings. The van der Waals surface area contributed by atoms with Crippen LogP contribution in [0.25, 0.3) is 11.1 Å². The summed E-state index contributed by atoms with van der Waals surface area (Å²) in [6.45, 7) is 0. The minimum atomic E-state index is 0.672. The molecule has 0 bridgehead atoms. The van der Waals surface area contributed by atoms with E-state index in [2.05, 4.69) is 57.5 Å². The van der Waals surface area contributed by atoms with Crippen molar-refractivity contribution in [1.82, 2.24) is 0 Å². The zero-order valence-electron chi connectivity index (χ0n) is 10.1. The normalized spacial score (nSPS) is 11.3. The molecule has 2 aromatic carbocycles. The van der Waals surface area contributed by atoms with Crippen LogP contribution in [0, 0.1) is 0 Å². The fourth-order valence-corrected chi connectivity index (χ4v) is 2.18. The van der Waals surface area contributed by atoms with E-state index in [1.54, 1.807) is 7.11 Å². The van der Waals surface area contributed by atoms with Crippen molar-refractivity contribution in [3.63, 3.8) is 0 Å². The summed E-state index contributed by atoms with van der Waals surface area (Å²) in [6, 6.07) is 18.6. The van der Waals surface area contributed by atoms with Crippen LogP contribution >= 0.6 is 15.9 Å². The maximum absolute atomic E-state index is 4.82. The van der Waals surface area contributed by atoms with Gasteiger partial charge in [-0.15, -0.1) is 0 Å². The molecule has 0 radical (unpaired) electrons. The summed E-state index contributed by atoms with van der Waals surface area (Å²) in [5.41, 5.74) is 4.37. The third-order valence-electron chi connectivity index (χ3n) is 2.65. The van der Waals surface area contributed by atoms with E-state index in [1.165, 1.54) is 11.1 Å². The molecule has 0 N–H and O–H groups in total. The number of rotatable bonds is 4. The summed E-state index contributed by atoms with van der Waals surface area (Å²) in [5.74, 6) is 0. The lowest BCUT2D eigenvalue weighted by molar-refractivity contribution is 0.213. The Kier molecular flexibility index (Phi) is 4.53. The van der Waals surface area contributed by atoms with Gasteiger partial charge in [0.25, 0.3) is 0 Å². The molecule has 0 amide bonds. The van der Waals surface area contributed by atoms with Crippen molar-refractivity contribution in [2.45, 2.75) is 0 Å². The van der Waals surface area contributed by atoms with E-state index in [-0.39, 0.29) is 0 Å². The molecule has 0 atom stereocenters. The fraction of sp³-hybridized carbons (Fsp3) is 0.133. The highest BCUT2D eigenvalue weighted by Gasteiger charge is 2.03. The Balaban J connectivity index is 2.28. The largest absolute Gasteiger partial charge is 0.399 e. The Morgan fingerprint density at radius 1 is 1.00 bits per heavy atom. The van der Waals surface area contributed by atoms with E-state index in [1.807, 2.05) is 18.2 Å². The van der Waals surface area contributed by atoms with Crippen LogP contribution in [0.3, 0.4) is 0 Å². The van der Waals surface area contributed by atoms with Gasteiger partial charge in [0.05, 0.1) is 5.71 Å². The first-order valence-electron chi connectivity index (χ1n) is 5.67. The van der Waals surface area contributed by atoms with Gasteiger partial charge in [0.1, 0.15) is 7.11 Å². The first-order valence-corrected chi connectivity index (χ1v) is 6.79. The molecule has 0 spiro atoms. The zero-order chi connectivity index (χ0) is 12.8. The van der Waals surface area contributed by atoms with E-state index in [9.17, 15) is 0 Å². The molecule has 0 aliphatic rings. The van der Waals surface area contributed by atoms with Crippen molar-refractivity contribution >= 4 is 21.6 Å². The van der Waals surface area contributed by atoms with Gasteiger partial charge in [-0.2, -0.15) is 0 Å². The molecule has 0 unspecified atom stereocenters. The Bertz CT molecular complexity index is 520. The van der Waals surface area contributed by atoms with Crippen LogP contribution in [0.15, 0.2) is 59.8 Å². The van der Waals surface area contributed by atoms with Gasteiger partial charge < -0.3 is 4.84 Å². The monoisotopic (exact) mass is 303 g/mol. The van der Waals surface area contributed by atoms with Crippen LogP contribution in [-0.2, 0) is 4.84 Å². The van der Waals surface area contributed by atoms with Gasteiger partial charge in [-0.3, -0.25) is 0 Å². The topological polar surface area (TPSA) is 21.6 Å². The van der Waals surface area contributed by atoms with Crippen LogP contribution < -0.4 is 0 Å². The molecule has 0 heterocycles. The summed E-state index contributed by atoms with van der Waals surface area (Å²) < 4.78 is 0. The Labute approximate surface area is 115 Å². The van der Waals surface area contributed by atoms with Crippen LogP contribution in [0.2, 0.25) is 0 Å². The minimum absolute atomic E-state index is 0.672. The second-order valence-electron chi connectivity index (χ2n) is 3.80. The summed E-state index contributed by atoms with van der Waals surface area (Å²) in [4.78, 5) is 4.82. The number of nitrogens with zero attached hydrogens (tertiary/aromatic N) is 1. The lowest BCUT2D eigenvalue weighted by atomic mass is 10.0. The summed E-state index contributed by atoms with van der Waals surface area (Å²) >= 11 is 3.41. The van der Waals surface area contributed by atoms with Crippen molar-refractivity contribution in [3.8, 4) is 11.1 Å². The molecular formula is C15H14BrNO. The van der Waals surface area contributed by atoms with E-state index < -0.39 is 0 Å². The van der Waals surface area contributed by atoms with Gasteiger partial charge in [-0.05, 0) is 11.1 Å². The second-order valence-corrected chi connectivity index (χ2v) is 4.36. The van der Waals surface area contributed by atoms with E-state index in [0.717, 1.165) is 11.3 Å². The fourth-order valence-electron chi connectivity index (χ4n) is 1.75. The molecule has 0 aliphatic heterocycles. The highest BCUT2D eigenvalue weighted by Crippen LogP contribution is 2.19. The van der Waals surface area contributed by atoms with Crippen molar-refractivity contribution in [1.29, 1.82) is 0 Å². The maximum atomic E-state index is 4.82. The number of halogens is 1. The molecule has 2 rings (SSSR count). The third-order valence-corrected chi connectivity index (χ3v) is 3.18. The average molecular weight is 304 g/mol. The van der Waals surface area contributed by atoms with E-state index >= 15 is 0 Å². The van der Waals surface area contributed by atoms with Gasteiger partial charge >= 0.3 is 0 Å². The smallest absolute Gasteiger partial charge is 0.106 e. The molecule has 2 nitrogen and oxygen atoms in total. The molecule has 0 saturated carbocycles. The lowest BCUT2D eigenvalue weighted by Gasteiger charge is -2.05. The maximum Gasteiger partial charge on any atom is 0.106 e. The SMILES string of the molecule is CO/N=C(\CBr)c1ccc(-c2ccccc2)cc1. The van der Waals surface area contributed by atoms with Crippen LogP contribution in [0.1, 0.15) is 5.56 Å². The molecule has 3 heteroatoms. The highest BCUT2D eigenvalue weighted by atomic mass is 79.9. The van der Waals surface area contributed by atoms with Crippen LogP contribution in [-0.4, -0.2) is 18.2 Å². The van der Waals surface area contributed by atoms with Crippen LogP contribution in [0.4, 0.5) is 0 Å². The Morgan fingerprint density at radius 2 is 1.61 bits per heavy atom. The van der Waals surface area contributed by atoms with Gasteiger partial charge in [-0.25, -0.2) is 0 Å². The number of hydrogen-bond acceptors (Lipinski definition) is 2. The van der Waals surface area contributed by atoms with Crippen molar-refractivity contribution in [2.75, 3.05) is 12.4 Å². The third kappa shape index (κ3) is 2.99. The number of alkyl halides is 1. The van der Waals surface area contributed by atoms with Crippen molar-refractivity contribution in [3.05, 3.63) is 60.2 Å². The molecule has 0 saturated heterocycles. The highest BCUT2D eigenvalue weighted by molar-refractivity contribution is 9.09. The van der Waals surface area contributed by atoms with Crippen LogP contribution in [0.5, 0.6) is 0 Å². The molecule has 0 aromatic heterocycles. The summed E-state index contributed by atoms with van der Waals surface area (Å²) in [7, 11) is 1.56. The van der Waals surface area contributed by atoms with Gasteiger partial charge in [0.2, 0.25) is 0 Å². The lowest BCUT2D eigenvalue weighted by Crippen LogP contribution is -2.02. The van der Waals surface area contributed by atoms with Gasteiger partial charge in [0.15, 0.2) is 0 Å². The quantitative estimate of drug-likeness (QED) is 0.473. The van der Waals surface area contributed by atoms with Crippen molar-refractivity contribution in [2.24, 2.45) is 5.16 Å². The molecule has 0 aliphatic carbocycles. The molecule has 2 aromatic rings. The predicted octanol–water partition coefficient (Wildman–Crippen LogP) is 4.10. The average Bonchev–Trinajstić information content (AvgIpc) is 2.46. The standard InChI is InChI=1S/C15H14BrNO/c1-18-17-15(11-16)14-9-7-13(8-10-14)12-5-3-2-4-6-12/h2-10H,11H2,1H3/b17-15+. The molecular weight excluding hydrogens is 290 g/mol. The van der Waals surface area contributed by atoms with Crippen molar-refractivity contribution < 1.29 is 4.84 Å². The second kappa shape index (κ2) is 6.36. The predicted molar refractivity (Wildman–Crippen MR) is 79.2 cm³/mol.